The Balaban J connectivity index is 0. The van der Waals surface area contributed by atoms with Crippen LogP contribution in [0.2, 0.25) is 0 Å². The van der Waals surface area contributed by atoms with Gasteiger partial charge in [-0.25, -0.2) is 13.1 Å². The molecule has 0 fully saturated rings. The van der Waals surface area contributed by atoms with Crippen molar-refractivity contribution in [3.63, 3.8) is 0 Å². The first-order valence-corrected chi connectivity index (χ1v) is 27.1. The van der Waals surface area contributed by atoms with E-state index in [-0.39, 0.29) is 31.6 Å². The molecule has 0 spiro atoms. The van der Waals surface area contributed by atoms with Crippen LogP contribution in [-0.2, 0) is 29.1 Å². The second-order valence-electron chi connectivity index (χ2n) is 17.6. The third-order valence-corrected chi connectivity index (χ3v) is 12.3. The van der Waals surface area contributed by atoms with E-state index in [1.54, 1.807) is 0 Å². The molecule has 1 N–H and O–H groups in total. The van der Waals surface area contributed by atoms with Crippen molar-refractivity contribution in [2.75, 3.05) is 32.4 Å². The Labute approximate surface area is 368 Å². The maximum absolute atomic E-state index is 12.8. The van der Waals surface area contributed by atoms with E-state index in [1.807, 2.05) is 0 Å². The van der Waals surface area contributed by atoms with E-state index >= 15 is 0 Å². The summed E-state index contributed by atoms with van der Waals surface area (Å²) in [6, 6.07) is 0. The Kier molecular flexibility index (Phi) is 45.5. The summed E-state index contributed by atoms with van der Waals surface area (Å²) in [5, 5.41) is 0. The lowest BCUT2D eigenvalue weighted by atomic mass is 10.0. The van der Waals surface area contributed by atoms with E-state index in [0.29, 0.717) is 19.4 Å². The maximum atomic E-state index is 12.8. The molecular weight excluding hydrogens is 757 g/mol. The molecule has 0 aromatic heterocycles. The van der Waals surface area contributed by atoms with Crippen LogP contribution < -0.4 is 4.72 Å². The summed E-state index contributed by atoms with van der Waals surface area (Å²) in [6.45, 7) is 12.3. The molecule has 9 heteroatoms. The molecule has 0 bridgehead atoms. The second kappa shape index (κ2) is 44.9. The summed E-state index contributed by atoms with van der Waals surface area (Å²) < 4.78 is 37.7. The molecule has 0 radical (unpaired) electrons. The van der Waals surface area contributed by atoms with Gasteiger partial charge in [0.1, 0.15) is 12.2 Å². The zero-order chi connectivity index (χ0) is 42.8. The molecule has 0 heterocycles. The van der Waals surface area contributed by atoms with Crippen LogP contribution >= 0.6 is 0 Å². The summed E-state index contributed by atoms with van der Waals surface area (Å²) >= 11 is 0. The summed E-state index contributed by atoms with van der Waals surface area (Å²) in [7, 11) is -3.17. The quantitative estimate of drug-likeness (QED) is 0.0480. The van der Waals surface area contributed by atoms with Crippen molar-refractivity contribution in [2.45, 2.75) is 278 Å². The first-order valence-electron chi connectivity index (χ1n) is 25.2. The summed E-state index contributed by atoms with van der Waals surface area (Å²) in [6.07, 6.45) is 41.8. The fraction of sp³-hybridized carbons (Fsp3) is 0.960. The van der Waals surface area contributed by atoms with Gasteiger partial charge in [-0.05, 0) is 96.7 Å². The largest absolute Gasteiger partial charge is 0.462 e. The normalized spacial score (nSPS) is 12.3. The molecule has 0 aromatic carbocycles. The summed E-state index contributed by atoms with van der Waals surface area (Å²) in [4.78, 5) is 27.9. The number of carbonyl (C=O) groups excluding carboxylic acids is 2. The van der Waals surface area contributed by atoms with E-state index in [1.165, 1.54) is 115 Å². The Bertz CT molecular complexity index is 993. The van der Waals surface area contributed by atoms with Crippen LogP contribution in [0.3, 0.4) is 0 Å². The number of esters is 2. The zero-order valence-electron chi connectivity index (χ0n) is 39.2. The van der Waals surface area contributed by atoms with Gasteiger partial charge in [0, 0.05) is 19.4 Å². The zero-order valence-corrected chi connectivity index (χ0v) is 40.1. The number of hydrogen-bond donors (Lipinski definition) is 1. The van der Waals surface area contributed by atoms with Gasteiger partial charge in [-0.15, -0.1) is 0 Å². The smallest absolute Gasteiger partial charge is 0.306 e. The van der Waals surface area contributed by atoms with Gasteiger partial charge in [-0.1, -0.05) is 176 Å². The van der Waals surface area contributed by atoms with Gasteiger partial charge in [0.15, 0.2) is 0 Å². The first-order chi connectivity index (χ1) is 28.1. The van der Waals surface area contributed by atoms with Crippen LogP contribution in [0.15, 0.2) is 0 Å². The third-order valence-electron chi connectivity index (χ3n) is 11.6. The SMILES string of the molecule is C.CCCCCCCCC(CCC)OC(=O)CCCCCCCN(CCCCCCCC(=O)OC(CCCCCCCC)CCCCCCCC)CCCNS(C)(=O)=O. The lowest BCUT2D eigenvalue weighted by Crippen LogP contribution is -2.31. The number of ether oxygens (including phenoxy) is 2. The molecule has 1 unspecified atom stereocenters. The van der Waals surface area contributed by atoms with Crippen molar-refractivity contribution in [3.8, 4) is 0 Å². The molecule has 354 valence electrons. The van der Waals surface area contributed by atoms with Crippen LogP contribution in [0.5, 0.6) is 0 Å². The number of rotatable bonds is 46. The van der Waals surface area contributed by atoms with Crippen molar-refractivity contribution < 1.29 is 27.5 Å². The second-order valence-corrected chi connectivity index (χ2v) is 19.4. The van der Waals surface area contributed by atoms with E-state index in [4.69, 9.17) is 9.47 Å². The van der Waals surface area contributed by atoms with Crippen LogP contribution in [0.25, 0.3) is 0 Å². The predicted octanol–water partition coefficient (Wildman–Crippen LogP) is 14.4. The third kappa shape index (κ3) is 44.7. The molecule has 0 rings (SSSR count). The number of carbonyl (C=O) groups is 2. The Morgan fingerprint density at radius 2 is 0.763 bits per heavy atom. The van der Waals surface area contributed by atoms with Crippen LogP contribution in [0.1, 0.15) is 266 Å². The van der Waals surface area contributed by atoms with Crippen molar-refractivity contribution in [3.05, 3.63) is 0 Å². The van der Waals surface area contributed by atoms with Crippen LogP contribution in [-0.4, -0.2) is 69.9 Å². The van der Waals surface area contributed by atoms with Gasteiger partial charge in [-0.2, -0.15) is 0 Å². The molecule has 0 aromatic rings. The molecule has 0 saturated heterocycles. The molecule has 0 aliphatic carbocycles. The number of hydrogen-bond acceptors (Lipinski definition) is 7. The van der Waals surface area contributed by atoms with Gasteiger partial charge in [-0.3, -0.25) is 9.59 Å². The highest BCUT2D eigenvalue weighted by molar-refractivity contribution is 7.88. The Morgan fingerprint density at radius 3 is 1.14 bits per heavy atom. The average molecular weight is 859 g/mol. The van der Waals surface area contributed by atoms with Crippen molar-refractivity contribution in [1.29, 1.82) is 0 Å². The maximum Gasteiger partial charge on any atom is 0.306 e. The highest BCUT2D eigenvalue weighted by Crippen LogP contribution is 2.19. The van der Waals surface area contributed by atoms with Gasteiger partial charge >= 0.3 is 11.9 Å². The van der Waals surface area contributed by atoms with Gasteiger partial charge in [0.25, 0.3) is 0 Å². The lowest BCUT2D eigenvalue weighted by molar-refractivity contribution is -0.151. The lowest BCUT2D eigenvalue weighted by Gasteiger charge is -2.22. The highest BCUT2D eigenvalue weighted by atomic mass is 32.2. The molecule has 1 atom stereocenters. The van der Waals surface area contributed by atoms with E-state index in [2.05, 4.69) is 37.3 Å². The standard InChI is InChI=1S/C49H98N2O6S.CH4/c1-6-10-13-16-21-28-37-46(36-9-4)56-48(52)40-31-24-19-26-33-43-51(45-35-42-50-58(5,54)55)44-34-27-20-25-32-41-49(53)57-47(38-29-22-17-14-11-7-2)39-30-23-18-15-12-8-3;/h46-47,50H,6-45H2,1-5H3;1H4. The summed E-state index contributed by atoms with van der Waals surface area (Å²) in [5.74, 6) is -0.0281. The number of sulfonamides is 1. The fourth-order valence-corrected chi connectivity index (χ4v) is 8.47. The minimum Gasteiger partial charge on any atom is -0.462 e. The van der Waals surface area contributed by atoms with Crippen molar-refractivity contribution in [2.24, 2.45) is 0 Å². The van der Waals surface area contributed by atoms with Crippen molar-refractivity contribution >= 4 is 22.0 Å². The highest BCUT2D eigenvalue weighted by Gasteiger charge is 2.15. The number of unbranched alkanes of at least 4 members (excludes halogenated alkanes) is 23. The van der Waals surface area contributed by atoms with E-state index in [0.717, 1.165) is 129 Å². The van der Waals surface area contributed by atoms with Gasteiger partial charge in [0.05, 0.1) is 6.26 Å². The first kappa shape index (κ1) is 59.9. The molecule has 8 nitrogen and oxygen atoms in total. The van der Waals surface area contributed by atoms with Gasteiger partial charge < -0.3 is 14.4 Å². The average Bonchev–Trinajstić information content (AvgIpc) is 3.18. The molecule has 0 aliphatic rings. The molecule has 59 heavy (non-hydrogen) atoms. The minimum atomic E-state index is -3.17. The Hall–Kier alpha value is -1.19. The molecule has 0 amide bonds. The molecule has 0 aliphatic heterocycles. The Morgan fingerprint density at radius 1 is 0.441 bits per heavy atom. The summed E-state index contributed by atoms with van der Waals surface area (Å²) in [5.41, 5.74) is 0. The fourth-order valence-electron chi connectivity index (χ4n) is 7.96. The van der Waals surface area contributed by atoms with Crippen molar-refractivity contribution in [1.82, 2.24) is 9.62 Å². The van der Waals surface area contributed by atoms with E-state index < -0.39 is 10.0 Å². The topological polar surface area (TPSA) is 102 Å². The monoisotopic (exact) mass is 859 g/mol. The number of nitrogens with zero attached hydrogens (tertiary/aromatic N) is 1. The van der Waals surface area contributed by atoms with E-state index in [9.17, 15) is 18.0 Å². The predicted molar refractivity (Wildman–Crippen MR) is 255 cm³/mol. The van der Waals surface area contributed by atoms with Crippen LogP contribution in [0.4, 0.5) is 0 Å². The van der Waals surface area contributed by atoms with Gasteiger partial charge in [0.2, 0.25) is 10.0 Å². The molecule has 0 saturated carbocycles. The molecular formula is C50H102N2O6S. The number of nitrogens with one attached hydrogen (secondary N) is 1. The van der Waals surface area contributed by atoms with Crippen LogP contribution in [0, 0.1) is 0 Å². The minimum absolute atomic E-state index is 0.